The van der Waals surface area contributed by atoms with Gasteiger partial charge in [0.05, 0.1) is 21.7 Å². The van der Waals surface area contributed by atoms with Crippen molar-refractivity contribution in [2.24, 2.45) is 4.99 Å². The van der Waals surface area contributed by atoms with Gasteiger partial charge in [0.25, 0.3) is 5.91 Å². The third-order valence-electron chi connectivity index (χ3n) is 5.31. The smallest absolute Gasteiger partial charge is 0.335 e. The third-order valence-corrected chi connectivity index (χ3v) is 6.31. The van der Waals surface area contributed by atoms with Crippen LogP contribution in [-0.2, 0) is 11.4 Å². The van der Waals surface area contributed by atoms with E-state index in [1.807, 2.05) is 19.1 Å². The molecule has 36 heavy (non-hydrogen) atoms. The van der Waals surface area contributed by atoms with Crippen LogP contribution in [-0.4, -0.2) is 44.7 Å². The first-order valence-corrected chi connectivity index (χ1v) is 11.8. The van der Waals surface area contributed by atoms with Crippen molar-refractivity contribution in [2.75, 3.05) is 6.54 Å². The van der Waals surface area contributed by atoms with E-state index in [0.29, 0.717) is 34.7 Å². The van der Waals surface area contributed by atoms with Gasteiger partial charge in [0.2, 0.25) is 0 Å². The molecule has 182 valence electrons. The van der Waals surface area contributed by atoms with Crippen LogP contribution in [0.25, 0.3) is 6.08 Å². The number of carboxylic acid groups (broad SMARTS) is 2. The van der Waals surface area contributed by atoms with Gasteiger partial charge in [0, 0.05) is 6.54 Å². The Kier molecular flexibility index (Phi) is 7.50. The summed E-state index contributed by atoms with van der Waals surface area (Å²) in [5.41, 5.74) is 2.47. The zero-order valence-corrected chi connectivity index (χ0v) is 20.1. The van der Waals surface area contributed by atoms with Crippen molar-refractivity contribution < 1.29 is 29.3 Å². The van der Waals surface area contributed by atoms with Crippen LogP contribution in [0.15, 0.2) is 82.7 Å². The molecule has 1 saturated heterocycles. The number of amides is 1. The highest BCUT2D eigenvalue weighted by Crippen LogP contribution is 2.34. The number of benzene rings is 3. The lowest BCUT2D eigenvalue weighted by atomic mass is 10.1. The molecule has 8 nitrogen and oxygen atoms in total. The largest absolute Gasteiger partial charge is 0.489 e. The van der Waals surface area contributed by atoms with E-state index in [1.54, 1.807) is 47.4 Å². The number of hydrogen-bond donors (Lipinski definition) is 2. The zero-order valence-electron chi connectivity index (χ0n) is 19.2. The highest BCUT2D eigenvalue weighted by Gasteiger charge is 2.32. The molecule has 0 saturated carbocycles. The summed E-state index contributed by atoms with van der Waals surface area (Å²) in [6.45, 7) is 2.58. The zero-order chi connectivity index (χ0) is 25.7. The molecule has 1 fully saturated rings. The SMILES string of the molecule is CCN1C(=O)C(=Cc2ccc(OCc3ccc(C(=O)O)cc3)cc2)SC1=Nc1cccc(C(=O)O)c1. The molecular formula is C27H22N2O6S. The summed E-state index contributed by atoms with van der Waals surface area (Å²) in [5, 5.41) is 18.7. The number of hydrogen-bond acceptors (Lipinski definition) is 6. The number of ether oxygens (including phenoxy) is 1. The number of carboxylic acids is 2. The van der Waals surface area contributed by atoms with E-state index in [4.69, 9.17) is 9.84 Å². The standard InChI is InChI=1S/C27H22N2O6S/c1-2-29-24(30)23(36-27(29)28-21-5-3-4-20(15-21)26(33)34)14-17-8-12-22(13-9-17)35-16-18-6-10-19(11-7-18)25(31)32/h3-15H,2,16H2,1H3,(H,31,32)(H,33,34). The van der Waals surface area contributed by atoms with Gasteiger partial charge >= 0.3 is 11.9 Å². The van der Waals surface area contributed by atoms with Crippen LogP contribution in [0.5, 0.6) is 5.75 Å². The minimum atomic E-state index is -1.04. The summed E-state index contributed by atoms with van der Waals surface area (Å²) in [6.07, 6.45) is 1.78. The Bertz CT molecular complexity index is 1360. The summed E-state index contributed by atoms with van der Waals surface area (Å²) in [7, 11) is 0. The topological polar surface area (TPSA) is 117 Å². The molecule has 0 atom stereocenters. The van der Waals surface area contributed by atoms with Crippen LogP contribution < -0.4 is 4.74 Å². The number of rotatable bonds is 8. The number of aromatic carboxylic acids is 2. The number of thioether (sulfide) groups is 1. The van der Waals surface area contributed by atoms with Crippen molar-refractivity contribution in [2.45, 2.75) is 13.5 Å². The van der Waals surface area contributed by atoms with Crippen LogP contribution >= 0.6 is 11.8 Å². The van der Waals surface area contributed by atoms with Gasteiger partial charge in [-0.3, -0.25) is 9.69 Å². The number of carbonyl (C=O) groups excluding carboxylic acids is 1. The Morgan fingerprint density at radius 2 is 1.67 bits per heavy atom. The summed E-state index contributed by atoms with van der Waals surface area (Å²) in [5.74, 6) is -1.54. The fourth-order valence-corrected chi connectivity index (χ4v) is 4.47. The first-order chi connectivity index (χ1) is 17.3. The van der Waals surface area contributed by atoms with Crippen molar-refractivity contribution in [3.05, 3.63) is 100.0 Å². The van der Waals surface area contributed by atoms with Gasteiger partial charge in [-0.05, 0) is 78.4 Å². The molecule has 0 spiro atoms. The fraction of sp³-hybridized carbons (Fsp3) is 0.111. The van der Waals surface area contributed by atoms with Crippen molar-refractivity contribution in [3.63, 3.8) is 0 Å². The molecule has 0 aromatic heterocycles. The molecule has 2 N–H and O–H groups in total. The van der Waals surface area contributed by atoms with Crippen LogP contribution in [0.4, 0.5) is 5.69 Å². The van der Waals surface area contributed by atoms with Crippen molar-refractivity contribution >= 4 is 46.5 Å². The fourth-order valence-electron chi connectivity index (χ4n) is 3.41. The molecule has 1 aliphatic heterocycles. The molecule has 9 heteroatoms. The first-order valence-electron chi connectivity index (χ1n) is 11.0. The Hall–Kier alpha value is -4.37. The average Bonchev–Trinajstić information content (AvgIpc) is 3.17. The lowest BCUT2D eigenvalue weighted by Crippen LogP contribution is -2.28. The first kappa shape index (κ1) is 24.7. The van der Waals surface area contributed by atoms with Gasteiger partial charge in [0.15, 0.2) is 5.17 Å². The van der Waals surface area contributed by atoms with Gasteiger partial charge in [-0.15, -0.1) is 0 Å². The summed E-state index contributed by atoms with van der Waals surface area (Å²) >= 11 is 1.24. The third kappa shape index (κ3) is 5.81. The molecule has 1 aliphatic rings. The molecule has 3 aromatic carbocycles. The predicted octanol–water partition coefficient (Wildman–Crippen LogP) is 5.29. The average molecular weight is 503 g/mol. The molecule has 1 heterocycles. The number of nitrogens with zero attached hydrogens (tertiary/aromatic N) is 2. The Morgan fingerprint density at radius 3 is 2.31 bits per heavy atom. The minimum absolute atomic E-state index is 0.129. The van der Waals surface area contributed by atoms with E-state index in [9.17, 15) is 19.5 Å². The monoisotopic (exact) mass is 502 g/mol. The maximum absolute atomic E-state index is 12.9. The van der Waals surface area contributed by atoms with E-state index in [0.717, 1.165) is 11.1 Å². The predicted molar refractivity (Wildman–Crippen MR) is 138 cm³/mol. The molecular weight excluding hydrogens is 480 g/mol. The Labute approximate surface area is 211 Å². The highest BCUT2D eigenvalue weighted by atomic mass is 32.2. The number of carbonyl (C=O) groups is 3. The number of amidine groups is 1. The van der Waals surface area contributed by atoms with Gasteiger partial charge in [-0.25, -0.2) is 14.6 Å². The normalized spacial score (nSPS) is 15.5. The van der Waals surface area contributed by atoms with Gasteiger partial charge < -0.3 is 14.9 Å². The second-order valence-corrected chi connectivity index (χ2v) is 8.78. The van der Waals surface area contributed by atoms with Crippen molar-refractivity contribution in [1.82, 2.24) is 4.90 Å². The maximum Gasteiger partial charge on any atom is 0.335 e. The molecule has 3 aromatic rings. The van der Waals surface area contributed by atoms with E-state index in [1.165, 1.54) is 36.0 Å². The van der Waals surface area contributed by atoms with Crippen LogP contribution in [0.1, 0.15) is 38.8 Å². The van der Waals surface area contributed by atoms with Crippen LogP contribution in [0, 0.1) is 0 Å². The molecule has 1 amide bonds. The van der Waals surface area contributed by atoms with E-state index < -0.39 is 11.9 Å². The van der Waals surface area contributed by atoms with E-state index in [2.05, 4.69) is 4.99 Å². The lowest BCUT2D eigenvalue weighted by Gasteiger charge is -2.12. The van der Waals surface area contributed by atoms with E-state index in [-0.39, 0.29) is 17.0 Å². The molecule has 4 rings (SSSR count). The maximum atomic E-state index is 12.9. The van der Waals surface area contributed by atoms with Gasteiger partial charge in [-0.1, -0.05) is 30.3 Å². The van der Waals surface area contributed by atoms with Crippen LogP contribution in [0.2, 0.25) is 0 Å². The molecule has 0 bridgehead atoms. The highest BCUT2D eigenvalue weighted by molar-refractivity contribution is 8.18. The number of likely N-dealkylation sites (N-methyl/N-ethyl adjacent to an activating group) is 1. The minimum Gasteiger partial charge on any atom is -0.489 e. The summed E-state index contributed by atoms with van der Waals surface area (Å²) in [6, 6.07) is 20.0. The summed E-state index contributed by atoms with van der Waals surface area (Å²) in [4.78, 5) is 41.7. The van der Waals surface area contributed by atoms with Crippen LogP contribution in [0.3, 0.4) is 0 Å². The second kappa shape index (κ2) is 10.9. The Balaban J connectivity index is 1.45. The van der Waals surface area contributed by atoms with Crippen molar-refractivity contribution in [1.29, 1.82) is 0 Å². The molecule has 0 radical (unpaired) electrons. The molecule has 0 aliphatic carbocycles. The van der Waals surface area contributed by atoms with Gasteiger partial charge in [0.1, 0.15) is 12.4 Å². The lowest BCUT2D eigenvalue weighted by molar-refractivity contribution is -0.122. The summed E-state index contributed by atoms with van der Waals surface area (Å²) < 4.78 is 5.77. The molecule has 0 unspecified atom stereocenters. The van der Waals surface area contributed by atoms with E-state index >= 15 is 0 Å². The second-order valence-electron chi connectivity index (χ2n) is 7.77. The number of aliphatic imine (C=N–C) groups is 1. The quantitative estimate of drug-likeness (QED) is 0.402. The van der Waals surface area contributed by atoms with Crippen molar-refractivity contribution in [3.8, 4) is 5.75 Å². The Morgan fingerprint density at radius 1 is 0.972 bits per heavy atom. The van der Waals surface area contributed by atoms with Gasteiger partial charge in [-0.2, -0.15) is 0 Å².